The minimum absolute atomic E-state index is 0.0315. The lowest BCUT2D eigenvalue weighted by atomic mass is 10.2. The molecule has 0 fully saturated rings. The minimum Gasteiger partial charge on any atom is -0.494 e. The van der Waals surface area contributed by atoms with E-state index in [9.17, 15) is 14.4 Å². The molecule has 0 saturated heterocycles. The Bertz CT molecular complexity index is 1100. The van der Waals surface area contributed by atoms with Crippen molar-refractivity contribution in [1.29, 1.82) is 0 Å². The molecule has 208 valence electrons. The van der Waals surface area contributed by atoms with Gasteiger partial charge in [0, 0.05) is 12.2 Å². The van der Waals surface area contributed by atoms with E-state index in [0.29, 0.717) is 56.3 Å². The van der Waals surface area contributed by atoms with Gasteiger partial charge in [0.25, 0.3) is 0 Å². The van der Waals surface area contributed by atoms with E-state index in [0.717, 1.165) is 18.1 Å². The fourth-order valence-corrected chi connectivity index (χ4v) is 2.94. The highest BCUT2D eigenvalue weighted by molar-refractivity contribution is 5.89. The SMILES string of the molecule is C=CC(=O)OCCCCOc1ccc(OC(=O)/C=C/c2ccc(OCCCCOC(=O)C(=C)CO)cc2)cc1. The lowest BCUT2D eigenvalue weighted by Gasteiger charge is -2.08. The highest BCUT2D eigenvalue weighted by Gasteiger charge is 2.06. The number of benzene rings is 2. The van der Waals surface area contributed by atoms with E-state index >= 15 is 0 Å². The Morgan fingerprint density at radius 1 is 0.718 bits per heavy atom. The second kappa shape index (κ2) is 18.0. The molecule has 1 N–H and O–H groups in total. The highest BCUT2D eigenvalue weighted by Crippen LogP contribution is 2.19. The van der Waals surface area contributed by atoms with Crippen molar-refractivity contribution >= 4 is 24.0 Å². The van der Waals surface area contributed by atoms with Crippen molar-refractivity contribution in [3.63, 3.8) is 0 Å². The van der Waals surface area contributed by atoms with Crippen molar-refractivity contribution in [2.45, 2.75) is 25.7 Å². The van der Waals surface area contributed by atoms with Crippen LogP contribution in [0.4, 0.5) is 0 Å². The molecular weight excluding hydrogens is 504 g/mol. The maximum atomic E-state index is 12.1. The van der Waals surface area contributed by atoms with Gasteiger partial charge in [0.05, 0.1) is 38.6 Å². The van der Waals surface area contributed by atoms with E-state index in [1.165, 1.54) is 6.08 Å². The number of ether oxygens (including phenoxy) is 5. The third-order valence-electron chi connectivity index (χ3n) is 5.07. The number of aliphatic hydroxyl groups is 1. The quantitative estimate of drug-likeness (QED) is 0.127. The fraction of sp³-hybridized carbons (Fsp3) is 0.300. The van der Waals surface area contributed by atoms with E-state index in [1.807, 2.05) is 12.1 Å². The molecule has 0 amide bonds. The maximum Gasteiger partial charge on any atom is 0.336 e. The van der Waals surface area contributed by atoms with E-state index in [4.69, 9.17) is 28.8 Å². The fourth-order valence-electron chi connectivity index (χ4n) is 2.94. The Kier molecular flexibility index (Phi) is 14.2. The lowest BCUT2D eigenvalue weighted by molar-refractivity contribution is -0.140. The zero-order valence-electron chi connectivity index (χ0n) is 21.8. The van der Waals surface area contributed by atoms with Crippen molar-refractivity contribution < 1.29 is 43.2 Å². The normalized spacial score (nSPS) is 10.5. The summed E-state index contributed by atoms with van der Waals surface area (Å²) in [6.07, 6.45) is 6.83. The first kappa shape index (κ1) is 30.9. The molecule has 0 aliphatic heterocycles. The summed E-state index contributed by atoms with van der Waals surface area (Å²) in [5, 5.41) is 8.81. The molecule has 9 nitrogen and oxygen atoms in total. The van der Waals surface area contributed by atoms with Crippen LogP contribution >= 0.6 is 0 Å². The van der Waals surface area contributed by atoms with Gasteiger partial charge in [-0.15, -0.1) is 0 Å². The Labute approximate surface area is 228 Å². The number of unbranched alkanes of at least 4 members (excludes halogenated alkanes) is 2. The van der Waals surface area contributed by atoms with Gasteiger partial charge in [-0.25, -0.2) is 14.4 Å². The van der Waals surface area contributed by atoms with Gasteiger partial charge in [-0.3, -0.25) is 0 Å². The number of aliphatic hydroxyl groups excluding tert-OH is 1. The molecule has 9 heteroatoms. The van der Waals surface area contributed by atoms with Gasteiger partial charge in [-0.1, -0.05) is 25.3 Å². The average Bonchev–Trinajstić information content (AvgIpc) is 2.96. The van der Waals surface area contributed by atoms with E-state index in [-0.39, 0.29) is 12.2 Å². The van der Waals surface area contributed by atoms with Crippen molar-refractivity contribution in [1.82, 2.24) is 0 Å². The average molecular weight is 539 g/mol. The molecule has 0 bridgehead atoms. The predicted molar refractivity (Wildman–Crippen MR) is 145 cm³/mol. The molecule has 0 radical (unpaired) electrons. The van der Waals surface area contributed by atoms with Crippen LogP contribution in [-0.2, 0) is 23.9 Å². The van der Waals surface area contributed by atoms with Crippen molar-refractivity contribution in [3.05, 3.63) is 85.0 Å². The molecule has 0 atom stereocenters. The lowest BCUT2D eigenvalue weighted by Crippen LogP contribution is -2.11. The standard InChI is InChI=1S/C30H34O9/c1-3-28(32)37-20-6-4-18-36-26-13-15-27(16-14-26)39-29(33)17-10-24-8-11-25(12-9-24)35-19-5-7-21-38-30(34)23(2)22-31/h3,8-17,31H,1-2,4-7,18-22H2/b17-10+. The van der Waals surface area contributed by atoms with Gasteiger partial charge in [0.2, 0.25) is 0 Å². The predicted octanol–water partition coefficient (Wildman–Crippen LogP) is 4.44. The van der Waals surface area contributed by atoms with Crippen LogP contribution in [0.3, 0.4) is 0 Å². The number of hydrogen-bond acceptors (Lipinski definition) is 9. The van der Waals surface area contributed by atoms with Crippen molar-refractivity contribution in [2.24, 2.45) is 0 Å². The van der Waals surface area contributed by atoms with Crippen molar-refractivity contribution in [3.8, 4) is 17.2 Å². The maximum absolute atomic E-state index is 12.1. The molecule has 0 unspecified atom stereocenters. The summed E-state index contributed by atoms with van der Waals surface area (Å²) in [5.74, 6) is 0.173. The van der Waals surface area contributed by atoms with Crippen LogP contribution in [0.25, 0.3) is 6.08 Å². The summed E-state index contributed by atoms with van der Waals surface area (Å²) >= 11 is 0. The van der Waals surface area contributed by atoms with Crippen LogP contribution < -0.4 is 14.2 Å². The molecule has 2 rings (SSSR count). The van der Waals surface area contributed by atoms with Gasteiger partial charge in [-0.05, 0) is 73.7 Å². The molecule has 0 saturated carbocycles. The molecule has 2 aromatic rings. The topological polar surface area (TPSA) is 118 Å². The summed E-state index contributed by atoms with van der Waals surface area (Å²) in [4.78, 5) is 34.5. The van der Waals surface area contributed by atoms with Crippen LogP contribution in [0.15, 0.2) is 79.4 Å². The van der Waals surface area contributed by atoms with Crippen LogP contribution in [0.2, 0.25) is 0 Å². The molecule has 0 heterocycles. The summed E-state index contributed by atoms with van der Waals surface area (Å²) in [6.45, 7) is 7.80. The van der Waals surface area contributed by atoms with Crippen LogP contribution in [-0.4, -0.2) is 56.0 Å². The zero-order valence-corrected chi connectivity index (χ0v) is 21.8. The van der Waals surface area contributed by atoms with Gasteiger partial charge in [0.1, 0.15) is 17.2 Å². The minimum atomic E-state index is -0.594. The largest absolute Gasteiger partial charge is 0.494 e. The molecule has 0 aliphatic carbocycles. The van der Waals surface area contributed by atoms with E-state index in [1.54, 1.807) is 42.5 Å². The number of carbonyl (C=O) groups is 3. The van der Waals surface area contributed by atoms with Crippen LogP contribution in [0.5, 0.6) is 17.2 Å². The van der Waals surface area contributed by atoms with E-state index in [2.05, 4.69) is 13.2 Å². The first-order chi connectivity index (χ1) is 18.9. The van der Waals surface area contributed by atoms with Gasteiger partial charge in [0.15, 0.2) is 0 Å². The Morgan fingerprint density at radius 3 is 1.79 bits per heavy atom. The molecule has 0 aromatic heterocycles. The van der Waals surface area contributed by atoms with Gasteiger partial charge >= 0.3 is 17.9 Å². The summed E-state index contributed by atoms with van der Waals surface area (Å²) in [5.41, 5.74) is 0.835. The van der Waals surface area contributed by atoms with E-state index < -0.39 is 24.5 Å². The molecule has 0 spiro atoms. The molecule has 39 heavy (non-hydrogen) atoms. The van der Waals surface area contributed by atoms with Gasteiger partial charge < -0.3 is 28.8 Å². The third kappa shape index (κ3) is 13.1. The Balaban J connectivity index is 1.63. The summed E-state index contributed by atoms with van der Waals surface area (Å²) < 4.78 is 26.5. The summed E-state index contributed by atoms with van der Waals surface area (Å²) in [6, 6.07) is 13.9. The molecule has 0 aliphatic rings. The number of hydrogen-bond donors (Lipinski definition) is 1. The number of rotatable bonds is 18. The van der Waals surface area contributed by atoms with Crippen LogP contribution in [0, 0.1) is 0 Å². The third-order valence-corrected chi connectivity index (χ3v) is 5.07. The first-order valence-electron chi connectivity index (χ1n) is 12.5. The Hall–Kier alpha value is -4.37. The molecular formula is C30H34O9. The highest BCUT2D eigenvalue weighted by atomic mass is 16.5. The molecule has 2 aromatic carbocycles. The second-order valence-corrected chi connectivity index (χ2v) is 8.18. The monoisotopic (exact) mass is 538 g/mol. The summed E-state index contributed by atoms with van der Waals surface area (Å²) in [7, 11) is 0. The number of esters is 3. The Morgan fingerprint density at radius 2 is 1.23 bits per heavy atom. The van der Waals surface area contributed by atoms with Crippen molar-refractivity contribution in [2.75, 3.05) is 33.0 Å². The van der Waals surface area contributed by atoms with Gasteiger partial charge in [-0.2, -0.15) is 0 Å². The van der Waals surface area contributed by atoms with Crippen LogP contribution in [0.1, 0.15) is 31.2 Å². The zero-order chi connectivity index (χ0) is 28.3. The smallest absolute Gasteiger partial charge is 0.336 e. The second-order valence-electron chi connectivity index (χ2n) is 8.18. The first-order valence-corrected chi connectivity index (χ1v) is 12.5. The number of carbonyl (C=O) groups excluding carboxylic acids is 3.